The maximum Gasteiger partial charge on any atom is 1.00 e. The first kappa shape index (κ1) is 93.7. The van der Waals surface area contributed by atoms with E-state index in [0.29, 0.717) is 70.6 Å². The van der Waals surface area contributed by atoms with Gasteiger partial charge in [-0.05, 0) is 128 Å². The van der Waals surface area contributed by atoms with Crippen molar-refractivity contribution in [3.8, 4) is 12.3 Å². The molecule has 574 valence electrons. The Labute approximate surface area is 625 Å². The Morgan fingerprint density at radius 1 is 0.680 bits per heavy atom. The Hall–Kier alpha value is -2.36. The number of ketones is 1. The molecule has 22 atom stereocenters. The minimum absolute atomic E-state index is 0. The van der Waals surface area contributed by atoms with Crippen LogP contribution in [0.3, 0.4) is 0 Å². The standard InChI is InChI=1S/C42H70O11.C19H36O4.C19H34O4.Na/c1-11-29(38(46)47)31-15-14-23(4)36(50-31)27(8)34(44)26(7)35(45)30(12-2)37-24(5)22-25(6)41(51-37)19-16-32(43)42(53-41)21-20-39(10,52-42)33-17-18-40(48,13-3)28(9)49-33;2*1-3-4-5-6-7-8-9-10-11-12-13-14-18(21)15-19(22)16-23-17(2)20;/h16,19,23-34,36-37,43-44,48H,11-15,17-18,20-22H2,1-10H3,(H,46,47);3,18-19,21-22H,1,4-16H2,2H3;1,18-19,21-22H,4-16H2,2H3;/q;;;+1/p-1. The average Bonchev–Trinajstić information content (AvgIpc) is 1.45. The van der Waals surface area contributed by atoms with Crippen LogP contribution in [0.1, 0.15) is 301 Å². The average molecular weight is 1430 g/mol. The molecule has 0 aromatic carbocycles. The van der Waals surface area contributed by atoms with Gasteiger partial charge in [-0.1, -0.05) is 164 Å². The number of esters is 2. The van der Waals surface area contributed by atoms with E-state index < -0.39 is 119 Å². The summed E-state index contributed by atoms with van der Waals surface area (Å²) in [5.41, 5.74) is -1.64. The molecule has 0 saturated carbocycles. The largest absolute Gasteiger partial charge is 1.00 e. The zero-order valence-electron chi connectivity index (χ0n) is 64.4. The summed E-state index contributed by atoms with van der Waals surface area (Å²) in [6, 6.07) is 0. The molecule has 5 heterocycles. The number of carbonyl (C=O) groups is 4. The van der Waals surface area contributed by atoms with Gasteiger partial charge < -0.3 is 78.8 Å². The normalized spacial score (nSPS) is 30.6. The predicted octanol–water partition coefficient (Wildman–Crippen LogP) is 9.58. The molecule has 5 aliphatic heterocycles. The maximum atomic E-state index is 14.4. The minimum atomic E-state index is -1.37. The van der Waals surface area contributed by atoms with E-state index in [0.717, 1.165) is 51.4 Å². The molecule has 20 heteroatoms. The SMILES string of the molecule is C#CCCCCCCCCCCCC(O)CC(O)COC(C)=O.C=CCCCCCCCCCCCC(O)CC(O)COC(C)=O.CCC(C(=O)[O-])C1CCC(C)C(C(C)C(O)C(C)C(=O)C(CC)C2OC3(C=CC(O)C4(CCC(C)(C5CCC(O)(CC)C(C)O5)O4)O3)C(C)CC2C)O1.[Na+]. The molecule has 0 aliphatic carbocycles. The van der Waals surface area contributed by atoms with Gasteiger partial charge in [0.2, 0.25) is 5.79 Å². The smallest absolute Gasteiger partial charge is 0.550 e. The van der Waals surface area contributed by atoms with Gasteiger partial charge in [0.15, 0.2) is 5.79 Å². The zero-order valence-corrected chi connectivity index (χ0v) is 66.4. The number of aliphatic hydroxyl groups is 7. The summed E-state index contributed by atoms with van der Waals surface area (Å²) in [6.45, 7) is 25.8. The van der Waals surface area contributed by atoms with Gasteiger partial charge in [0.05, 0.1) is 72.2 Å². The second-order valence-electron chi connectivity index (χ2n) is 30.6. The molecular formula is C80H139NaO19. The third kappa shape index (κ3) is 31.2. The van der Waals surface area contributed by atoms with Crippen LogP contribution in [0.2, 0.25) is 0 Å². The zero-order chi connectivity index (χ0) is 73.9. The third-order valence-corrected chi connectivity index (χ3v) is 22.3. The van der Waals surface area contributed by atoms with Crippen molar-refractivity contribution in [2.45, 2.75) is 391 Å². The van der Waals surface area contributed by atoms with Crippen molar-refractivity contribution < 1.29 is 123 Å². The van der Waals surface area contributed by atoms with Crippen LogP contribution in [0.15, 0.2) is 24.8 Å². The molecule has 0 amide bonds. The number of carboxylic acid groups (broad SMARTS) is 1. The van der Waals surface area contributed by atoms with Crippen molar-refractivity contribution in [1.29, 1.82) is 0 Å². The quantitative estimate of drug-likeness (QED) is 0.00982. The number of carboxylic acids is 1. The summed E-state index contributed by atoms with van der Waals surface area (Å²) in [7, 11) is 0. The monoisotopic (exact) mass is 1430 g/mol. The Balaban J connectivity index is 0.000000601. The molecule has 0 bridgehead atoms. The molecule has 22 unspecified atom stereocenters. The number of aliphatic carboxylic acids is 1. The number of allylic oxidation sites excluding steroid dienone is 1. The van der Waals surface area contributed by atoms with Gasteiger partial charge in [-0.25, -0.2) is 0 Å². The second-order valence-corrected chi connectivity index (χ2v) is 30.6. The summed E-state index contributed by atoms with van der Waals surface area (Å²) < 4.78 is 42.8. The number of hydrogen-bond acceptors (Lipinski definition) is 19. The minimum Gasteiger partial charge on any atom is -0.550 e. The first-order chi connectivity index (χ1) is 46.9. The van der Waals surface area contributed by atoms with Gasteiger partial charge in [0.1, 0.15) is 25.1 Å². The Bertz CT molecular complexity index is 2370. The number of terminal acetylenes is 1. The van der Waals surface area contributed by atoms with Crippen LogP contribution >= 0.6 is 0 Å². The van der Waals surface area contributed by atoms with E-state index in [9.17, 15) is 60.0 Å². The van der Waals surface area contributed by atoms with Crippen molar-refractivity contribution >= 4 is 23.7 Å². The molecule has 5 rings (SSSR count). The van der Waals surface area contributed by atoms with E-state index in [1.54, 1.807) is 19.1 Å². The van der Waals surface area contributed by atoms with Crippen molar-refractivity contribution in [3.63, 3.8) is 0 Å². The Kier molecular flexibility index (Phi) is 45.7. The first-order valence-electron chi connectivity index (χ1n) is 38.9. The van der Waals surface area contributed by atoms with E-state index in [1.807, 2.05) is 47.6 Å². The van der Waals surface area contributed by atoms with Crippen molar-refractivity contribution in [2.24, 2.45) is 41.4 Å². The van der Waals surface area contributed by atoms with Gasteiger partial charge in [-0.2, -0.15) is 0 Å². The molecule has 5 aliphatic rings. The summed E-state index contributed by atoms with van der Waals surface area (Å²) >= 11 is 0. The van der Waals surface area contributed by atoms with Crippen molar-refractivity contribution in [3.05, 3.63) is 24.8 Å². The Morgan fingerprint density at radius 3 is 1.66 bits per heavy atom. The fourth-order valence-electron chi connectivity index (χ4n) is 15.7. The number of Topliss-reactive ketones (excluding diaryl/α,β-unsaturated/α-hetero) is 1. The molecular weight excluding hydrogens is 1290 g/mol. The number of hydrogen-bond donors (Lipinski definition) is 7. The van der Waals surface area contributed by atoms with Gasteiger partial charge in [0, 0.05) is 75.1 Å². The van der Waals surface area contributed by atoms with Gasteiger partial charge in [-0.3, -0.25) is 14.4 Å². The fraction of sp³-hybridized carbons (Fsp3) is 0.875. The van der Waals surface area contributed by atoms with Crippen LogP contribution in [-0.4, -0.2) is 163 Å². The van der Waals surface area contributed by atoms with Gasteiger partial charge >= 0.3 is 41.5 Å². The summed E-state index contributed by atoms with van der Waals surface area (Å²) in [5.74, 6) is -4.38. The first-order valence-corrected chi connectivity index (χ1v) is 38.9. The van der Waals surface area contributed by atoms with E-state index in [2.05, 4.69) is 33.3 Å². The Morgan fingerprint density at radius 2 is 1.19 bits per heavy atom. The van der Waals surface area contributed by atoms with E-state index >= 15 is 0 Å². The molecule has 0 aromatic heterocycles. The molecule has 2 spiro atoms. The molecule has 0 aromatic rings. The molecule has 0 radical (unpaired) electrons. The summed E-state index contributed by atoms with van der Waals surface area (Å²) in [6.07, 6.45) is 35.8. The number of carbonyl (C=O) groups excluding carboxylic acids is 4. The molecule has 7 N–H and O–H groups in total. The molecule has 4 fully saturated rings. The van der Waals surface area contributed by atoms with Crippen LogP contribution in [0, 0.1) is 53.8 Å². The van der Waals surface area contributed by atoms with E-state index in [-0.39, 0.29) is 91.4 Å². The van der Waals surface area contributed by atoms with Gasteiger partial charge in [0.25, 0.3) is 0 Å². The number of unbranched alkanes of at least 4 members (excludes halogenated alkanes) is 18. The van der Waals surface area contributed by atoms with Gasteiger partial charge in [-0.15, -0.1) is 18.9 Å². The predicted molar refractivity (Wildman–Crippen MR) is 383 cm³/mol. The second kappa shape index (κ2) is 48.8. The number of ether oxygens (including phenoxy) is 7. The number of rotatable bonds is 43. The van der Waals surface area contributed by atoms with E-state index in [4.69, 9.17) is 39.6 Å². The van der Waals surface area contributed by atoms with Crippen LogP contribution < -0.4 is 34.7 Å². The molecule has 19 nitrogen and oxygen atoms in total. The van der Waals surface area contributed by atoms with Crippen LogP contribution in [0.25, 0.3) is 0 Å². The molecule has 100 heavy (non-hydrogen) atoms. The van der Waals surface area contributed by atoms with Crippen LogP contribution in [0.4, 0.5) is 0 Å². The fourth-order valence-corrected chi connectivity index (χ4v) is 15.7. The van der Waals surface area contributed by atoms with Crippen molar-refractivity contribution in [2.75, 3.05) is 13.2 Å². The number of aliphatic hydroxyl groups excluding tert-OH is 6. The summed E-state index contributed by atoms with van der Waals surface area (Å²) in [5, 5.41) is 84.8. The van der Waals surface area contributed by atoms with E-state index in [1.165, 1.54) is 97.3 Å². The third-order valence-electron chi connectivity index (χ3n) is 22.3. The van der Waals surface area contributed by atoms with Crippen molar-refractivity contribution in [1.82, 2.24) is 0 Å². The van der Waals surface area contributed by atoms with Crippen LogP contribution in [-0.2, 0) is 52.3 Å². The topological polar surface area (TPSA) is 298 Å². The van der Waals surface area contributed by atoms with Crippen LogP contribution in [0.5, 0.6) is 0 Å². The molecule has 4 saturated heterocycles. The maximum absolute atomic E-state index is 14.4. The summed E-state index contributed by atoms with van der Waals surface area (Å²) in [4.78, 5) is 47.5.